The third-order valence-corrected chi connectivity index (χ3v) is 3.47. The number of anilines is 3. The van der Waals surface area contributed by atoms with Gasteiger partial charge in [-0.1, -0.05) is 20.8 Å². The monoisotopic (exact) mass is 291 g/mol. The second-order valence-corrected chi connectivity index (χ2v) is 6.29. The molecule has 0 unspecified atom stereocenters. The summed E-state index contributed by atoms with van der Waals surface area (Å²) in [6.07, 6.45) is 1.40. The number of carbonyl (C=O) groups is 1. The molecular formula is C13H17N5OS. The highest BCUT2D eigenvalue weighted by Crippen LogP contribution is 2.28. The van der Waals surface area contributed by atoms with E-state index >= 15 is 0 Å². The van der Waals surface area contributed by atoms with E-state index in [2.05, 4.69) is 36.1 Å². The fraction of sp³-hybridized carbons (Fsp3) is 0.308. The topological polar surface area (TPSA) is 107 Å². The van der Waals surface area contributed by atoms with Crippen LogP contribution in [-0.4, -0.2) is 15.9 Å². The van der Waals surface area contributed by atoms with Crippen molar-refractivity contribution in [2.45, 2.75) is 26.2 Å². The molecule has 7 heteroatoms. The van der Waals surface area contributed by atoms with Crippen molar-refractivity contribution in [3.05, 3.63) is 28.9 Å². The number of amides is 1. The standard InChI is InChI=1S/C13H17N5OS/c1-13(2,3)9-6-20-12(17-9)18-10-4-7(11(15)19)8(14)5-16-10/h4-6H,14H2,1-3H3,(H2,15,19)(H,16,17,18). The fourth-order valence-electron chi connectivity index (χ4n) is 1.53. The average Bonchev–Trinajstić information content (AvgIpc) is 2.79. The summed E-state index contributed by atoms with van der Waals surface area (Å²) in [6, 6.07) is 1.52. The predicted octanol–water partition coefficient (Wildman–Crippen LogP) is 2.26. The zero-order chi connectivity index (χ0) is 14.9. The summed E-state index contributed by atoms with van der Waals surface area (Å²) in [5, 5.41) is 5.76. The lowest BCUT2D eigenvalue weighted by molar-refractivity contribution is 0.100. The van der Waals surface area contributed by atoms with Gasteiger partial charge in [0.15, 0.2) is 5.13 Å². The van der Waals surface area contributed by atoms with Crippen molar-refractivity contribution in [2.75, 3.05) is 11.1 Å². The Kier molecular flexibility index (Phi) is 3.63. The Morgan fingerprint density at radius 2 is 2.10 bits per heavy atom. The Morgan fingerprint density at radius 1 is 1.40 bits per heavy atom. The van der Waals surface area contributed by atoms with Gasteiger partial charge >= 0.3 is 0 Å². The molecule has 0 saturated heterocycles. The molecule has 0 bridgehead atoms. The Hall–Kier alpha value is -2.15. The Morgan fingerprint density at radius 3 is 2.65 bits per heavy atom. The molecule has 0 atom stereocenters. The number of thiazole rings is 1. The van der Waals surface area contributed by atoms with Crippen molar-refractivity contribution in [1.82, 2.24) is 9.97 Å². The number of hydrogen-bond acceptors (Lipinski definition) is 6. The minimum Gasteiger partial charge on any atom is -0.397 e. The number of nitrogens with one attached hydrogen (secondary N) is 1. The molecule has 0 aliphatic rings. The number of carbonyl (C=O) groups excluding carboxylic acids is 1. The van der Waals surface area contributed by atoms with Crippen LogP contribution >= 0.6 is 11.3 Å². The number of nitrogens with two attached hydrogens (primary N) is 2. The molecule has 2 aromatic rings. The van der Waals surface area contributed by atoms with E-state index in [1.165, 1.54) is 23.6 Å². The maximum Gasteiger partial charge on any atom is 0.250 e. The van der Waals surface area contributed by atoms with Crippen LogP contribution in [0.3, 0.4) is 0 Å². The zero-order valence-electron chi connectivity index (χ0n) is 11.6. The highest BCUT2D eigenvalue weighted by atomic mass is 32.1. The Labute approximate surface area is 121 Å². The fourth-order valence-corrected chi connectivity index (χ4v) is 2.48. The molecule has 2 heterocycles. The number of nitrogen functional groups attached to an aromatic ring is 1. The molecule has 0 aliphatic heterocycles. The first kappa shape index (κ1) is 14.3. The number of nitrogens with zero attached hydrogens (tertiary/aromatic N) is 2. The van der Waals surface area contributed by atoms with E-state index in [1.54, 1.807) is 0 Å². The van der Waals surface area contributed by atoms with Crippen molar-refractivity contribution < 1.29 is 4.79 Å². The number of pyridine rings is 1. The molecule has 0 radical (unpaired) electrons. The van der Waals surface area contributed by atoms with Crippen LogP contribution < -0.4 is 16.8 Å². The molecule has 1 amide bonds. The Bertz CT molecular complexity index is 644. The second-order valence-electron chi connectivity index (χ2n) is 5.43. The van der Waals surface area contributed by atoms with Crippen LogP contribution in [0.1, 0.15) is 36.8 Å². The van der Waals surface area contributed by atoms with E-state index in [0.717, 1.165) is 5.69 Å². The molecule has 20 heavy (non-hydrogen) atoms. The molecule has 0 aromatic carbocycles. The van der Waals surface area contributed by atoms with E-state index in [9.17, 15) is 4.79 Å². The molecule has 0 fully saturated rings. The molecule has 5 N–H and O–H groups in total. The summed E-state index contributed by atoms with van der Waals surface area (Å²) in [6.45, 7) is 6.29. The third kappa shape index (κ3) is 3.05. The highest BCUT2D eigenvalue weighted by Gasteiger charge is 2.17. The number of aromatic nitrogens is 2. The number of primary amides is 1. The molecule has 6 nitrogen and oxygen atoms in total. The minimum atomic E-state index is -0.581. The summed E-state index contributed by atoms with van der Waals surface area (Å²) in [5.41, 5.74) is 12.4. The van der Waals surface area contributed by atoms with Gasteiger partial charge < -0.3 is 16.8 Å². The van der Waals surface area contributed by atoms with E-state index in [-0.39, 0.29) is 16.7 Å². The van der Waals surface area contributed by atoms with Crippen LogP contribution in [0.5, 0.6) is 0 Å². The lowest BCUT2D eigenvalue weighted by atomic mass is 9.93. The molecule has 2 aromatic heterocycles. The molecule has 0 spiro atoms. The first-order valence-corrected chi connectivity index (χ1v) is 6.93. The lowest BCUT2D eigenvalue weighted by Gasteiger charge is -2.14. The van der Waals surface area contributed by atoms with Crippen LogP contribution in [0, 0.1) is 0 Å². The van der Waals surface area contributed by atoms with Crippen molar-refractivity contribution in [3.63, 3.8) is 0 Å². The second kappa shape index (κ2) is 5.09. The van der Waals surface area contributed by atoms with Gasteiger partial charge in [-0.2, -0.15) is 0 Å². The molecule has 106 valence electrons. The quantitative estimate of drug-likeness (QED) is 0.804. The first-order valence-electron chi connectivity index (χ1n) is 6.06. The van der Waals surface area contributed by atoms with Crippen LogP contribution in [0.4, 0.5) is 16.6 Å². The number of rotatable bonds is 3. The van der Waals surface area contributed by atoms with Crippen LogP contribution in [0.25, 0.3) is 0 Å². The van der Waals surface area contributed by atoms with E-state index in [1.807, 2.05) is 5.38 Å². The highest BCUT2D eigenvalue weighted by molar-refractivity contribution is 7.13. The molecule has 0 aliphatic carbocycles. The largest absolute Gasteiger partial charge is 0.397 e. The van der Waals surface area contributed by atoms with Gasteiger partial charge in [-0.3, -0.25) is 4.79 Å². The van der Waals surface area contributed by atoms with Gasteiger partial charge in [0.1, 0.15) is 5.82 Å². The van der Waals surface area contributed by atoms with Gasteiger partial charge in [0.05, 0.1) is 23.1 Å². The van der Waals surface area contributed by atoms with E-state index in [0.29, 0.717) is 10.9 Å². The van der Waals surface area contributed by atoms with Gasteiger partial charge in [0, 0.05) is 10.8 Å². The number of hydrogen-bond donors (Lipinski definition) is 3. The van der Waals surface area contributed by atoms with Crippen molar-refractivity contribution in [2.24, 2.45) is 5.73 Å². The maximum atomic E-state index is 11.2. The summed E-state index contributed by atoms with van der Waals surface area (Å²) >= 11 is 1.48. The predicted molar refractivity (Wildman–Crippen MR) is 81.3 cm³/mol. The van der Waals surface area contributed by atoms with Crippen molar-refractivity contribution in [3.8, 4) is 0 Å². The normalized spacial score (nSPS) is 11.3. The van der Waals surface area contributed by atoms with Crippen LogP contribution in [0.15, 0.2) is 17.6 Å². The zero-order valence-corrected chi connectivity index (χ0v) is 12.4. The van der Waals surface area contributed by atoms with E-state index in [4.69, 9.17) is 11.5 Å². The summed E-state index contributed by atoms with van der Waals surface area (Å²) in [5.74, 6) is -0.0923. The minimum absolute atomic E-state index is 0.0106. The molecule has 2 rings (SSSR count). The van der Waals surface area contributed by atoms with Gasteiger partial charge in [0.25, 0.3) is 5.91 Å². The van der Waals surface area contributed by atoms with Gasteiger partial charge in [-0.25, -0.2) is 9.97 Å². The smallest absolute Gasteiger partial charge is 0.250 e. The van der Waals surface area contributed by atoms with Gasteiger partial charge in [0.2, 0.25) is 0 Å². The maximum absolute atomic E-state index is 11.2. The SMILES string of the molecule is CC(C)(C)c1csc(Nc2cc(C(N)=O)c(N)cn2)n1. The van der Waals surface area contributed by atoms with Crippen molar-refractivity contribution in [1.29, 1.82) is 0 Å². The van der Waals surface area contributed by atoms with E-state index < -0.39 is 5.91 Å². The summed E-state index contributed by atoms with van der Waals surface area (Å²) < 4.78 is 0. The van der Waals surface area contributed by atoms with Crippen LogP contribution in [0.2, 0.25) is 0 Å². The summed E-state index contributed by atoms with van der Waals surface area (Å²) in [4.78, 5) is 19.8. The van der Waals surface area contributed by atoms with Gasteiger partial charge in [-0.15, -0.1) is 11.3 Å². The molecular weight excluding hydrogens is 274 g/mol. The third-order valence-electron chi connectivity index (χ3n) is 2.71. The van der Waals surface area contributed by atoms with Crippen molar-refractivity contribution >= 4 is 33.9 Å². The lowest BCUT2D eigenvalue weighted by Crippen LogP contribution is -2.14. The Balaban J connectivity index is 2.24. The molecule has 0 saturated carbocycles. The summed E-state index contributed by atoms with van der Waals surface area (Å²) in [7, 11) is 0. The van der Waals surface area contributed by atoms with Crippen LogP contribution in [-0.2, 0) is 5.41 Å². The van der Waals surface area contributed by atoms with Gasteiger partial charge in [-0.05, 0) is 6.07 Å². The first-order chi connectivity index (χ1) is 9.27. The average molecular weight is 291 g/mol.